The molecule has 3 N–H and O–H groups in total. The highest BCUT2D eigenvalue weighted by atomic mass is 32.1. The number of aryl methyl sites for hydroxylation is 1. The third kappa shape index (κ3) is 3.49. The molecule has 0 radical (unpaired) electrons. The quantitative estimate of drug-likeness (QED) is 0.457. The first kappa shape index (κ1) is 18.5. The highest BCUT2D eigenvalue weighted by molar-refractivity contribution is 7.17. The van der Waals surface area contributed by atoms with Gasteiger partial charge in [0.25, 0.3) is 11.8 Å². The summed E-state index contributed by atoms with van der Waals surface area (Å²) in [7, 11) is 0. The van der Waals surface area contributed by atoms with E-state index in [1.165, 1.54) is 22.7 Å². The van der Waals surface area contributed by atoms with E-state index < -0.39 is 5.91 Å². The summed E-state index contributed by atoms with van der Waals surface area (Å²) in [5.41, 5.74) is 8.93. The first-order valence-electron chi connectivity index (χ1n) is 8.32. The highest BCUT2D eigenvalue weighted by Gasteiger charge is 2.23. The van der Waals surface area contributed by atoms with Crippen molar-refractivity contribution in [3.63, 3.8) is 0 Å². The van der Waals surface area contributed by atoms with Gasteiger partial charge < -0.3 is 11.1 Å². The topological polar surface area (TPSA) is 85.1 Å². The first-order chi connectivity index (χ1) is 13.5. The molecule has 5 nitrogen and oxygen atoms in total. The molecule has 4 rings (SSSR count). The van der Waals surface area contributed by atoms with Crippen LogP contribution in [0.25, 0.3) is 21.7 Å². The number of rotatable bonds is 5. The van der Waals surface area contributed by atoms with Crippen LogP contribution in [0.1, 0.15) is 25.7 Å². The van der Waals surface area contributed by atoms with Gasteiger partial charge >= 0.3 is 0 Å². The maximum atomic E-state index is 12.7. The van der Waals surface area contributed by atoms with Gasteiger partial charge in [-0.2, -0.15) is 11.3 Å². The van der Waals surface area contributed by atoms with Crippen molar-refractivity contribution in [3.05, 3.63) is 68.7 Å². The second kappa shape index (κ2) is 7.67. The molecule has 0 aliphatic rings. The smallest absolute Gasteiger partial charge is 0.275 e. The predicted octanol–water partition coefficient (Wildman–Crippen LogP) is 5.26. The zero-order valence-corrected chi connectivity index (χ0v) is 17.2. The van der Waals surface area contributed by atoms with Crippen molar-refractivity contribution in [1.29, 1.82) is 0 Å². The number of nitrogens with two attached hydrogens (primary N) is 1. The molecule has 0 aliphatic carbocycles. The number of thiophene rings is 2. The summed E-state index contributed by atoms with van der Waals surface area (Å²) in [6.45, 7) is 1.91. The molecule has 3 aromatic heterocycles. The fraction of sp³-hybridized carbons (Fsp3) is 0.0500. The number of anilines is 1. The summed E-state index contributed by atoms with van der Waals surface area (Å²) < 4.78 is 0. The number of primary amides is 1. The van der Waals surface area contributed by atoms with Crippen LogP contribution in [-0.4, -0.2) is 16.8 Å². The molecule has 1 aromatic carbocycles. The summed E-state index contributed by atoms with van der Waals surface area (Å²) in [5.74, 6) is -0.933. The molecule has 0 saturated carbocycles. The van der Waals surface area contributed by atoms with Crippen LogP contribution >= 0.6 is 34.0 Å². The lowest BCUT2D eigenvalue weighted by molar-refractivity contribution is 0.100. The minimum absolute atomic E-state index is 0.314. The molecule has 0 bridgehead atoms. The van der Waals surface area contributed by atoms with Crippen molar-refractivity contribution in [3.8, 4) is 21.7 Å². The molecular weight excluding hydrogens is 410 g/mol. The van der Waals surface area contributed by atoms with Gasteiger partial charge in [0.1, 0.15) is 15.7 Å². The molecule has 0 atom stereocenters. The van der Waals surface area contributed by atoms with Crippen molar-refractivity contribution in [1.82, 2.24) is 4.98 Å². The number of amides is 2. The van der Waals surface area contributed by atoms with E-state index in [2.05, 4.69) is 10.3 Å². The van der Waals surface area contributed by atoms with Crippen molar-refractivity contribution >= 4 is 50.8 Å². The Bertz CT molecular complexity index is 1150. The highest BCUT2D eigenvalue weighted by Crippen LogP contribution is 2.39. The summed E-state index contributed by atoms with van der Waals surface area (Å²) >= 11 is 4.32. The molecule has 0 aliphatic heterocycles. The van der Waals surface area contributed by atoms with Gasteiger partial charge in [-0.05, 0) is 23.9 Å². The minimum atomic E-state index is -0.573. The molecule has 4 aromatic rings. The normalized spacial score (nSPS) is 10.8. The van der Waals surface area contributed by atoms with E-state index in [1.807, 2.05) is 54.1 Å². The van der Waals surface area contributed by atoms with Crippen LogP contribution in [0.5, 0.6) is 0 Å². The van der Waals surface area contributed by atoms with Gasteiger partial charge in [-0.25, -0.2) is 4.98 Å². The molecule has 28 heavy (non-hydrogen) atoms. The van der Waals surface area contributed by atoms with Crippen LogP contribution < -0.4 is 11.1 Å². The van der Waals surface area contributed by atoms with Crippen molar-refractivity contribution in [2.75, 3.05) is 5.32 Å². The first-order valence-corrected chi connectivity index (χ1v) is 11.0. The van der Waals surface area contributed by atoms with Gasteiger partial charge in [0, 0.05) is 26.8 Å². The lowest BCUT2D eigenvalue weighted by Gasteiger charge is -2.06. The molecule has 140 valence electrons. The zero-order valence-electron chi connectivity index (χ0n) is 14.8. The van der Waals surface area contributed by atoms with E-state index in [4.69, 9.17) is 5.73 Å². The van der Waals surface area contributed by atoms with Gasteiger partial charge in [0.15, 0.2) is 0 Å². The van der Waals surface area contributed by atoms with Crippen molar-refractivity contribution in [2.45, 2.75) is 6.92 Å². The average Bonchev–Trinajstić information content (AvgIpc) is 3.41. The second-order valence-electron chi connectivity index (χ2n) is 5.97. The van der Waals surface area contributed by atoms with Gasteiger partial charge in [-0.1, -0.05) is 30.3 Å². The van der Waals surface area contributed by atoms with Crippen LogP contribution in [0.4, 0.5) is 5.00 Å². The van der Waals surface area contributed by atoms with Gasteiger partial charge in [0.05, 0.1) is 5.56 Å². The molecule has 0 unspecified atom stereocenters. The Labute approximate surface area is 173 Å². The summed E-state index contributed by atoms with van der Waals surface area (Å²) in [6, 6.07) is 11.5. The number of carbonyl (C=O) groups is 2. The molecule has 0 fully saturated rings. The third-order valence-corrected chi connectivity index (χ3v) is 6.72. The number of nitrogens with zero attached hydrogens (tertiary/aromatic N) is 1. The number of hydrogen-bond acceptors (Lipinski definition) is 6. The van der Waals surface area contributed by atoms with Crippen molar-refractivity contribution < 1.29 is 9.59 Å². The largest absolute Gasteiger partial charge is 0.365 e. The Morgan fingerprint density at radius 2 is 1.86 bits per heavy atom. The maximum absolute atomic E-state index is 12.7. The maximum Gasteiger partial charge on any atom is 0.275 e. The minimum Gasteiger partial charge on any atom is -0.365 e. The van der Waals surface area contributed by atoms with Crippen LogP contribution in [0.15, 0.2) is 52.5 Å². The fourth-order valence-electron chi connectivity index (χ4n) is 2.88. The molecular formula is C20H15N3O2S3. The van der Waals surface area contributed by atoms with E-state index in [0.717, 1.165) is 26.6 Å². The van der Waals surface area contributed by atoms with Gasteiger partial charge in [-0.3, -0.25) is 9.59 Å². The molecule has 3 heterocycles. The zero-order chi connectivity index (χ0) is 19.7. The molecule has 2 amide bonds. The Kier molecular flexibility index (Phi) is 5.08. The van der Waals surface area contributed by atoms with Crippen LogP contribution in [-0.2, 0) is 0 Å². The second-order valence-corrected chi connectivity index (χ2v) is 8.83. The predicted molar refractivity (Wildman–Crippen MR) is 116 cm³/mol. The summed E-state index contributed by atoms with van der Waals surface area (Å²) in [6.07, 6.45) is 0. The van der Waals surface area contributed by atoms with Gasteiger partial charge in [-0.15, -0.1) is 22.7 Å². The number of nitrogens with one attached hydrogen (secondary N) is 1. The van der Waals surface area contributed by atoms with Crippen LogP contribution in [0.2, 0.25) is 0 Å². The van der Waals surface area contributed by atoms with E-state index >= 15 is 0 Å². The van der Waals surface area contributed by atoms with Crippen LogP contribution in [0.3, 0.4) is 0 Å². The molecule has 0 saturated heterocycles. The van der Waals surface area contributed by atoms with E-state index in [1.54, 1.807) is 16.7 Å². The van der Waals surface area contributed by atoms with E-state index in [-0.39, 0.29) is 5.91 Å². The number of hydrogen-bond donors (Lipinski definition) is 2. The standard InChI is InChI=1S/C20H15N3O2S3/c1-11-15(12-5-3-2-4-6-12)16(17(21)24)20(28-11)23-18(25)14-10-27-19(22-14)13-7-8-26-9-13/h2-10H,1H3,(H2,21,24)(H,23,25). The Morgan fingerprint density at radius 3 is 2.54 bits per heavy atom. The third-order valence-electron chi connectivity index (χ3n) is 4.13. The monoisotopic (exact) mass is 425 g/mol. The number of benzene rings is 1. The number of aromatic nitrogens is 1. The summed E-state index contributed by atoms with van der Waals surface area (Å²) in [4.78, 5) is 30.2. The Hall–Kier alpha value is -2.81. The molecule has 0 spiro atoms. The SMILES string of the molecule is Cc1sc(NC(=O)c2csc(-c3ccsc3)n2)c(C(N)=O)c1-c1ccccc1. The fourth-order valence-corrected chi connectivity index (χ4v) is 5.47. The Morgan fingerprint density at radius 1 is 1.07 bits per heavy atom. The number of carbonyl (C=O) groups excluding carboxylic acids is 2. The average molecular weight is 426 g/mol. The Balaban J connectivity index is 1.67. The van der Waals surface area contributed by atoms with E-state index in [9.17, 15) is 9.59 Å². The van der Waals surface area contributed by atoms with Crippen molar-refractivity contribution in [2.24, 2.45) is 5.73 Å². The molecule has 8 heteroatoms. The lowest BCUT2D eigenvalue weighted by atomic mass is 10.0. The lowest BCUT2D eigenvalue weighted by Crippen LogP contribution is -2.17. The number of thiazole rings is 1. The van der Waals surface area contributed by atoms with Crippen LogP contribution in [0, 0.1) is 6.92 Å². The van der Waals surface area contributed by atoms with Gasteiger partial charge in [0.2, 0.25) is 0 Å². The van der Waals surface area contributed by atoms with E-state index in [0.29, 0.717) is 16.3 Å². The summed E-state index contributed by atoms with van der Waals surface area (Å²) in [5, 5.41) is 9.72.